The van der Waals surface area contributed by atoms with E-state index in [1.807, 2.05) is 12.1 Å². The van der Waals surface area contributed by atoms with Crippen molar-refractivity contribution in [1.29, 1.82) is 0 Å². The summed E-state index contributed by atoms with van der Waals surface area (Å²) in [5.41, 5.74) is 0.781. The maximum atomic E-state index is 9.73. The number of phenolic OH excluding ortho intramolecular Hbond substituents is 1. The zero-order chi connectivity index (χ0) is 17.5. The third-order valence-electron chi connectivity index (χ3n) is 4.36. The SMILES string of the molecule is CCCCCCCCCCCCCCN=Cc1cc(Br)ccc1O. The first kappa shape index (κ1) is 21.2. The Morgan fingerprint density at radius 1 is 0.875 bits per heavy atom. The molecule has 1 rings (SSSR count). The molecule has 0 atom stereocenters. The van der Waals surface area contributed by atoms with E-state index in [1.165, 1.54) is 70.6 Å². The van der Waals surface area contributed by atoms with Gasteiger partial charge in [-0.15, -0.1) is 0 Å². The quantitative estimate of drug-likeness (QED) is 0.260. The van der Waals surface area contributed by atoms with Gasteiger partial charge in [-0.2, -0.15) is 0 Å². The normalized spacial score (nSPS) is 11.4. The summed E-state index contributed by atoms with van der Waals surface area (Å²) >= 11 is 3.41. The molecule has 0 saturated heterocycles. The van der Waals surface area contributed by atoms with Crippen molar-refractivity contribution in [3.63, 3.8) is 0 Å². The van der Waals surface area contributed by atoms with Gasteiger partial charge in [0, 0.05) is 22.8 Å². The molecule has 0 saturated carbocycles. The molecule has 0 radical (unpaired) electrons. The van der Waals surface area contributed by atoms with Gasteiger partial charge in [0.15, 0.2) is 0 Å². The number of phenols is 1. The fourth-order valence-electron chi connectivity index (χ4n) is 2.84. The highest BCUT2D eigenvalue weighted by atomic mass is 79.9. The summed E-state index contributed by atoms with van der Waals surface area (Å²) in [7, 11) is 0. The van der Waals surface area contributed by atoms with E-state index in [1.54, 1.807) is 12.3 Å². The van der Waals surface area contributed by atoms with Crippen molar-refractivity contribution < 1.29 is 5.11 Å². The van der Waals surface area contributed by atoms with Gasteiger partial charge in [0.1, 0.15) is 5.75 Å². The lowest BCUT2D eigenvalue weighted by Gasteiger charge is -2.02. The van der Waals surface area contributed by atoms with Crippen LogP contribution in [0, 0.1) is 0 Å². The first-order chi connectivity index (χ1) is 11.7. The molecule has 2 nitrogen and oxygen atoms in total. The molecule has 0 fully saturated rings. The van der Waals surface area contributed by atoms with Gasteiger partial charge in [-0.3, -0.25) is 4.99 Å². The van der Waals surface area contributed by atoms with Gasteiger partial charge in [-0.1, -0.05) is 93.5 Å². The Morgan fingerprint density at radius 3 is 2.00 bits per heavy atom. The monoisotopic (exact) mass is 395 g/mol. The van der Waals surface area contributed by atoms with Crippen LogP contribution in [0.1, 0.15) is 89.5 Å². The fourth-order valence-corrected chi connectivity index (χ4v) is 3.21. The fraction of sp³-hybridized carbons (Fsp3) is 0.667. The molecule has 0 amide bonds. The maximum absolute atomic E-state index is 9.73. The van der Waals surface area contributed by atoms with E-state index >= 15 is 0 Å². The van der Waals surface area contributed by atoms with Gasteiger partial charge < -0.3 is 5.11 Å². The average Bonchev–Trinajstić information content (AvgIpc) is 2.58. The van der Waals surface area contributed by atoms with Gasteiger partial charge >= 0.3 is 0 Å². The Labute approximate surface area is 156 Å². The van der Waals surface area contributed by atoms with E-state index in [-0.39, 0.29) is 5.75 Å². The minimum Gasteiger partial charge on any atom is -0.507 e. The van der Waals surface area contributed by atoms with E-state index < -0.39 is 0 Å². The average molecular weight is 396 g/mol. The Morgan fingerprint density at radius 2 is 1.42 bits per heavy atom. The summed E-state index contributed by atoms with van der Waals surface area (Å²) in [5, 5.41) is 9.73. The number of benzene rings is 1. The molecule has 1 aromatic carbocycles. The Kier molecular flexibility index (Phi) is 12.8. The molecule has 3 heteroatoms. The molecule has 0 heterocycles. The van der Waals surface area contributed by atoms with Crippen LogP contribution in [0.5, 0.6) is 5.75 Å². The van der Waals surface area contributed by atoms with Gasteiger partial charge in [0.2, 0.25) is 0 Å². The number of aliphatic imine (C=N–C) groups is 1. The van der Waals surface area contributed by atoms with Gasteiger partial charge in [0.25, 0.3) is 0 Å². The number of hydrogen-bond acceptors (Lipinski definition) is 2. The number of unbranched alkanes of at least 4 members (excludes halogenated alkanes) is 11. The van der Waals surface area contributed by atoms with Crippen molar-refractivity contribution >= 4 is 22.1 Å². The molecule has 24 heavy (non-hydrogen) atoms. The predicted molar refractivity (Wildman–Crippen MR) is 109 cm³/mol. The second kappa shape index (κ2) is 14.5. The highest BCUT2D eigenvalue weighted by Crippen LogP contribution is 2.20. The zero-order valence-electron chi connectivity index (χ0n) is 15.3. The number of nitrogens with zero attached hydrogens (tertiary/aromatic N) is 1. The Hall–Kier alpha value is -0.830. The molecule has 136 valence electrons. The summed E-state index contributed by atoms with van der Waals surface area (Å²) < 4.78 is 0.965. The van der Waals surface area contributed by atoms with Crippen molar-refractivity contribution in [2.45, 2.75) is 84.0 Å². The summed E-state index contributed by atoms with van der Waals surface area (Å²) in [4.78, 5) is 4.42. The third-order valence-corrected chi connectivity index (χ3v) is 4.85. The smallest absolute Gasteiger partial charge is 0.124 e. The molecule has 0 unspecified atom stereocenters. The molecular formula is C21H34BrNO. The molecule has 0 aliphatic rings. The first-order valence-corrected chi connectivity index (χ1v) is 10.5. The molecule has 0 bridgehead atoms. The van der Waals surface area contributed by atoms with Gasteiger partial charge in [-0.25, -0.2) is 0 Å². The highest BCUT2D eigenvalue weighted by Gasteiger charge is 1.98. The van der Waals surface area contributed by atoms with Crippen LogP contribution in [-0.2, 0) is 0 Å². The van der Waals surface area contributed by atoms with E-state index in [4.69, 9.17) is 0 Å². The highest BCUT2D eigenvalue weighted by molar-refractivity contribution is 9.10. The maximum Gasteiger partial charge on any atom is 0.124 e. The van der Waals surface area contributed by atoms with Gasteiger partial charge in [0.05, 0.1) is 0 Å². The van der Waals surface area contributed by atoms with Crippen molar-refractivity contribution in [2.75, 3.05) is 6.54 Å². The van der Waals surface area contributed by atoms with Crippen LogP contribution in [0.15, 0.2) is 27.7 Å². The molecule has 1 N–H and O–H groups in total. The molecule has 0 aromatic heterocycles. The summed E-state index contributed by atoms with van der Waals surface area (Å²) in [6.45, 7) is 3.12. The Bertz CT molecular complexity index is 459. The number of rotatable bonds is 14. The van der Waals surface area contributed by atoms with E-state index in [0.717, 1.165) is 23.0 Å². The van der Waals surface area contributed by atoms with E-state index in [9.17, 15) is 5.11 Å². The number of hydrogen-bond donors (Lipinski definition) is 1. The summed E-state index contributed by atoms with van der Waals surface area (Å²) in [6.07, 6.45) is 18.1. The largest absolute Gasteiger partial charge is 0.507 e. The molecule has 0 spiro atoms. The summed E-state index contributed by atoms with van der Waals surface area (Å²) in [5.74, 6) is 0.289. The second-order valence-corrected chi connectivity index (χ2v) is 7.54. The minimum atomic E-state index is 0.289. The Balaban J connectivity index is 1.92. The molecule has 1 aromatic rings. The van der Waals surface area contributed by atoms with Crippen molar-refractivity contribution in [3.05, 3.63) is 28.2 Å². The van der Waals surface area contributed by atoms with Crippen LogP contribution >= 0.6 is 15.9 Å². The first-order valence-electron chi connectivity index (χ1n) is 9.72. The van der Waals surface area contributed by atoms with Crippen molar-refractivity contribution in [3.8, 4) is 5.75 Å². The van der Waals surface area contributed by atoms with E-state index in [2.05, 4.69) is 27.8 Å². The van der Waals surface area contributed by atoms with Crippen molar-refractivity contribution in [1.82, 2.24) is 0 Å². The van der Waals surface area contributed by atoms with Crippen LogP contribution in [0.3, 0.4) is 0 Å². The number of aromatic hydroxyl groups is 1. The van der Waals surface area contributed by atoms with Crippen LogP contribution < -0.4 is 0 Å². The summed E-state index contributed by atoms with van der Waals surface area (Å²) in [6, 6.07) is 5.41. The third kappa shape index (κ3) is 10.9. The zero-order valence-corrected chi connectivity index (χ0v) is 16.9. The molecular weight excluding hydrogens is 362 g/mol. The van der Waals surface area contributed by atoms with Crippen LogP contribution in [-0.4, -0.2) is 17.9 Å². The minimum absolute atomic E-state index is 0.289. The van der Waals surface area contributed by atoms with Crippen LogP contribution in [0.25, 0.3) is 0 Å². The topological polar surface area (TPSA) is 32.6 Å². The van der Waals surface area contributed by atoms with E-state index in [0.29, 0.717) is 0 Å². The molecule has 0 aliphatic heterocycles. The lowest BCUT2D eigenvalue weighted by Crippen LogP contribution is -1.87. The van der Waals surface area contributed by atoms with Gasteiger partial charge in [-0.05, 0) is 24.6 Å². The van der Waals surface area contributed by atoms with Crippen LogP contribution in [0.4, 0.5) is 0 Å². The lowest BCUT2D eigenvalue weighted by molar-refractivity contribution is 0.474. The predicted octanol–water partition coefficient (Wildman–Crippen LogP) is 7.27. The molecule has 0 aliphatic carbocycles. The van der Waals surface area contributed by atoms with Crippen LogP contribution in [0.2, 0.25) is 0 Å². The second-order valence-electron chi connectivity index (χ2n) is 6.63. The number of halogens is 1. The van der Waals surface area contributed by atoms with Crippen molar-refractivity contribution in [2.24, 2.45) is 4.99 Å². The lowest BCUT2D eigenvalue weighted by atomic mass is 10.1. The standard InChI is InChI=1S/C21H34BrNO/c1-2-3-4-5-6-7-8-9-10-11-12-13-16-23-18-19-17-20(22)14-15-21(19)24/h14-15,17-18,24H,2-13,16H2,1H3.